The van der Waals surface area contributed by atoms with Crippen molar-refractivity contribution in [3.8, 4) is 0 Å². The molecule has 1 unspecified atom stereocenters. The summed E-state index contributed by atoms with van der Waals surface area (Å²) in [6.07, 6.45) is 1.11. The molecule has 2 N–H and O–H groups in total. The molecular weight excluding hydrogens is 324 g/mol. The molecule has 2 aromatic rings. The van der Waals surface area contributed by atoms with Gasteiger partial charge in [0.2, 0.25) is 0 Å². The molecule has 2 aromatic carbocycles. The highest BCUT2D eigenvalue weighted by Crippen LogP contribution is 2.30. The number of piperidine rings is 1. The summed E-state index contributed by atoms with van der Waals surface area (Å²) in [5.74, 6) is 0.183. The van der Waals surface area contributed by atoms with Crippen LogP contribution in [0.3, 0.4) is 0 Å². The number of urea groups is 1. The van der Waals surface area contributed by atoms with E-state index >= 15 is 0 Å². The van der Waals surface area contributed by atoms with Crippen molar-refractivity contribution in [2.75, 3.05) is 18.4 Å². The SMILES string of the molecule is O=C(Nc1cccc(Cl)c1)N1CCC(C(O)c2ccccc2)CC1. The summed E-state index contributed by atoms with van der Waals surface area (Å²) >= 11 is 5.93. The zero-order valence-electron chi connectivity index (χ0n) is 13.4. The number of aliphatic hydroxyl groups excluding tert-OH is 1. The van der Waals surface area contributed by atoms with Gasteiger partial charge in [-0.1, -0.05) is 48.0 Å². The molecule has 1 fully saturated rings. The summed E-state index contributed by atoms with van der Waals surface area (Å²) in [6.45, 7) is 1.28. The van der Waals surface area contributed by atoms with Crippen molar-refractivity contribution < 1.29 is 9.90 Å². The second-order valence-corrected chi connectivity index (χ2v) is 6.56. The van der Waals surface area contributed by atoms with Crippen LogP contribution in [0.15, 0.2) is 54.6 Å². The summed E-state index contributed by atoms with van der Waals surface area (Å²) in [4.78, 5) is 14.1. The van der Waals surface area contributed by atoms with E-state index < -0.39 is 6.10 Å². The van der Waals surface area contributed by atoms with Crippen LogP contribution in [0.2, 0.25) is 5.02 Å². The number of rotatable bonds is 3. The van der Waals surface area contributed by atoms with Crippen LogP contribution in [-0.2, 0) is 0 Å². The van der Waals surface area contributed by atoms with E-state index in [0.717, 1.165) is 18.4 Å². The van der Waals surface area contributed by atoms with Gasteiger partial charge in [0.15, 0.2) is 0 Å². The Balaban J connectivity index is 1.54. The molecule has 1 heterocycles. The van der Waals surface area contributed by atoms with Gasteiger partial charge in [-0.25, -0.2) is 4.79 Å². The van der Waals surface area contributed by atoms with E-state index in [9.17, 15) is 9.90 Å². The first-order valence-electron chi connectivity index (χ1n) is 8.18. The average Bonchev–Trinajstić information content (AvgIpc) is 2.62. The first kappa shape index (κ1) is 16.8. The molecule has 4 nitrogen and oxygen atoms in total. The summed E-state index contributed by atoms with van der Waals surface area (Å²) in [6, 6.07) is 16.7. The van der Waals surface area contributed by atoms with Crippen molar-refractivity contribution in [3.05, 3.63) is 65.2 Å². The molecule has 126 valence electrons. The van der Waals surface area contributed by atoms with Gasteiger partial charge in [-0.05, 0) is 42.5 Å². The van der Waals surface area contributed by atoms with Crippen molar-refractivity contribution in [2.24, 2.45) is 5.92 Å². The summed E-state index contributed by atoms with van der Waals surface area (Å²) in [5, 5.41) is 14.0. The third kappa shape index (κ3) is 4.08. The number of hydrogen-bond acceptors (Lipinski definition) is 2. The molecular formula is C19H21ClN2O2. The van der Waals surface area contributed by atoms with Gasteiger partial charge in [0, 0.05) is 23.8 Å². The molecule has 0 bridgehead atoms. The Kier molecular flexibility index (Phi) is 5.38. The van der Waals surface area contributed by atoms with Crippen LogP contribution in [0, 0.1) is 5.92 Å². The Hall–Kier alpha value is -2.04. The largest absolute Gasteiger partial charge is 0.388 e. The number of halogens is 1. The number of nitrogens with zero attached hydrogens (tertiary/aromatic N) is 1. The fourth-order valence-corrected chi connectivity index (χ4v) is 3.30. The van der Waals surface area contributed by atoms with Crippen LogP contribution < -0.4 is 5.32 Å². The highest BCUT2D eigenvalue weighted by molar-refractivity contribution is 6.30. The molecule has 3 rings (SSSR count). The number of carbonyl (C=O) groups is 1. The molecule has 0 aromatic heterocycles. The predicted molar refractivity (Wildman–Crippen MR) is 96.2 cm³/mol. The monoisotopic (exact) mass is 344 g/mol. The second kappa shape index (κ2) is 7.69. The highest BCUT2D eigenvalue weighted by atomic mass is 35.5. The van der Waals surface area contributed by atoms with Gasteiger partial charge in [-0.15, -0.1) is 0 Å². The second-order valence-electron chi connectivity index (χ2n) is 6.12. The number of likely N-dealkylation sites (tertiary alicyclic amines) is 1. The van der Waals surface area contributed by atoms with Crippen molar-refractivity contribution in [3.63, 3.8) is 0 Å². The molecule has 24 heavy (non-hydrogen) atoms. The minimum atomic E-state index is -0.468. The van der Waals surface area contributed by atoms with Crippen LogP contribution >= 0.6 is 11.6 Å². The zero-order valence-corrected chi connectivity index (χ0v) is 14.1. The molecule has 0 radical (unpaired) electrons. The van der Waals surface area contributed by atoms with Crippen molar-refractivity contribution >= 4 is 23.3 Å². The van der Waals surface area contributed by atoms with Gasteiger partial charge in [-0.3, -0.25) is 0 Å². The molecule has 0 aliphatic carbocycles. The fourth-order valence-electron chi connectivity index (χ4n) is 3.11. The van der Waals surface area contributed by atoms with Crippen LogP contribution in [0.4, 0.5) is 10.5 Å². The van der Waals surface area contributed by atoms with Crippen LogP contribution in [0.5, 0.6) is 0 Å². The number of amides is 2. The van der Waals surface area contributed by atoms with E-state index in [1.165, 1.54) is 0 Å². The van der Waals surface area contributed by atoms with Crippen molar-refractivity contribution in [1.82, 2.24) is 4.90 Å². The Morgan fingerprint density at radius 2 is 1.83 bits per heavy atom. The molecule has 1 aliphatic rings. The molecule has 1 saturated heterocycles. The molecule has 1 aliphatic heterocycles. The number of hydrogen-bond donors (Lipinski definition) is 2. The standard InChI is InChI=1S/C19H21ClN2O2/c20-16-7-4-8-17(13-16)21-19(24)22-11-9-15(10-12-22)18(23)14-5-2-1-3-6-14/h1-8,13,15,18,23H,9-12H2,(H,21,24). The average molecular weight is 345 g/mol. The zero-order chi connectivity index (χ0) is 16.9. The first-order chi connectivity index (χ1) is 11.6. The molecule has 1 atom stereocenters. The topological polar surface area (TPSA) is 52.6 Å². The van der Waals surface area contributed by atoms with Gasteiger partial charge < -0.3 is 15.3 Å². The number of carbonyl (C=O) groups excluding carboxylic acids is 1. The number of anilines is 1. The Morgan fingerprint density at radius 1 is 1.12 bits per heavy atom. The first-order valence-corrected chi connectivity index (χ1v) is 8.56. The quantitative estimate of drug-likeness (QED) is 0.871. The number of benzene rings is 2. The normalized spacial score (nSPS) is 16.7. The molecule has 5 heteroatoms. The summed E-state index contributed by atoms with van der Waals surface area (Å²) in [5.41, 5.74) is 1.64. The molecule has 0 saturated carbocycles. The van der Waals surface area contributed by atoms with Crippen LogP contribution in [0.25, 0.3) is 0 Å². The maximum atomic E-state index is 12.3. The van der Waals surface area contributed by atoms with E-state index in [4.69, 9.17) is 11.6 Å². The van der Waals surface area contributed by atoms with Crippen LogP contribution in [0.1, 0.15) is 24.5 Å². The Bertz CT molecular complexity index is 685. The maximum absolute atomic E-state index is 12.3. The van der Waals surface area contributed by atoms with E-state index in [2.05, 4.69) is 5.32 Å². The van der Waals surface area contributed by atoms with Gasteiger partial charge in [-0.2, -0.15) is 0 Å². The lowest BCUT2D eigenvalue weighted by atomic mass is 9.87. The van der Waals surface area contributed by atoms with Crippen molar-refractivity contribution in [1.29, 1.82) is 0 Å². The van der Waals surface area contributed by atoms with Gasteiger partial charge in [0.1, 0.15) is 0 Å². The van der Waals surface area contributed by atoms with Crippen LogP contribution in [-0.4, -0.2) is 29.1 Å². The Labute approximate surface area is 147 Å². The molecule has 0 spiro atoms. The van der Waals surface area contributed by atoms with Gasteiger partial charge in [0.25, 0.3) is 0 Å². The summed E-state index contributed by atoms with van der Waals surface area (Å²) < 4.78 is 0. The van der Waals surface area contributed by atoms with E-state index in [0.29, 0.717) is 23.8 Å². The highest BCUT2D eigenvalue weighted by Gasteiger charge is 2.28. The van der Waals surface area contributed by atoms with Gasteiger partial charge in [0.05, 0.1) is 6.10 Å². The summed E-state index contributed by atoms with van der Waals surface area (Å²) in [7, 11) is 0. The third-order valence-corrected chi connectivity index (χ3v) is 4.73. The third-order valence-electron chi connectivity index (χ3n) is 4.49. The lowest BCUT2D eigenvalue weighted by molar-refractivity contribution is 0.0683. The van der Waals surface area contributed by atoms with Crippen molar-refractivity contribution in [2.45, 2.75) is 18.9 Å². The number of aliphatic hydroxyl groups is 1. The fraction of sp³-hybridized carbons (Fsp3) is 0.316. The van der Waals surface area contributed by atoms with E-state index in [1.807, 2.05) is 36.4 Å². The van der Waals surface area contributed by atoms with E-state index in [-0.39, 0.29) is 11.9 Å². The minimum absolute atomic E-state index is 0.120. The van der Waals surface area contributed by atoms with E-state index in [1.54, 1.807) is 23.1 Å². The maximum Gasteiger partial charge on any atom is 0.321 e. The minimum Gasteiger partial charge on any atom is -0.388 e. The Morgan fingerprint density at radius 3 is 2.50 bits per heavy atom. The lowest BCUT2D eigenvalue weighted by Gasteiger charge is -2.34. The van der Waals surface area contributed by atoms with Gasteiger partial charge >= 0.3 is 6.03 Å². The molecule has 2 amide bonds. The predicted octanol–water partition coefficient (Wildman–Crippen LogP) is 4.32. The lowest BCUT2D eigenvalue weighted by Crippen LogP contribution is -2.42. The number of nitrogens with one attached hydrogen (secondary N) is 1. The smallest absolute Gasteiger partial charge is 0.321 e.